The first-order chi connectivity index (χ1) is 10.6. The van der Waals surface area contributed by atoms with Crippen LogP contribution in [0.5, 0.6) is 0 Å². The van der Waals surface area contributed by atoms with Gasteiger partial charge in [-0.15, -0.1) is 0 Å². The monoisotopic (exact) mass is 297 g/mol. The lowest BCUT2D eigenvalue weighted by atomic mass is 10.0. The quantitative estimate of drug-likeness (QED) is 0.915. The molecule has 0 bridgehead atoms. The van der Waals surface area contributed by atoms with Crippen molar-refractivity contribution in [1.29, 1.82) is 5.26 Å². The lowest BCUT2D eigenvalue weighted by Gasteiger charge is -2.15. The number of aryl methyl sites for hydroxylation is 1. The van der Waals surface area contributed by atoms with E-state index in [0.29, 0.717) is 24.0 Å². The summed E-state index contributed by atoms with van der Waals surface area (Å²) in [4.78, 5) is 12.4. The van der Waals surface area contributed by atoms with Crippen LogP contribution in [0.1, 0.15) is 42.3 Å². The first-order valence-electron chi connectivity index (χ1n) is 7.38. The zero-order chi connectivity index (χ0) is 16.1. The molecule has 0 saturated heterocycles. The van der Waals surface area contributed by atoms with Crippen molar-refractivity contribution in [3.8, 4) is 6.07 Å². The summed E-state index contributed by atoms with van der Waals surface area (Å²) in [5.41, 5.74) is 1.85. The Bertz CT molecular complexity index is 745. The van der Waals surface area contributed by atoms with Crippen LogP contribution in [0.4, 0.5) is 0 Å². The molecule has 0 fully saturated rings. The Morgan fingerprint density at radius 3 is 2.50 bits per heavy atom. The molecule has 2 rings (SSSR count). The highest BCUT2D eigenvalue weighted by Crippen LogP contribution is 2.15. The van der Waals surface area contributed by atoms with Crippen LogP contribution in [0.3, 0.4) is 0 Å². The highest BCUT2D eigenvalue weighted by Gasteiger charge is 2.17. The van der Waals surface area contributed by atoms with Gasteiger partial charge in [-0.1, -0.05) is 44.2 Å². The van der Waals surface area contributed by atoms with Gasteiger partial charge in [0.05, 0.1) is 18.3 Å². The Hall–Kier alpha value is -2.45. The molecular formula is C17H19N3O2. The van der Waals surface area contributed by atoms with E-state index >= 15 is 0 Å². The molecule has 1 N–H and O–H groups in total. The number of rotatable bonds is 5. The third-order valence-electron chi connectivity index (χ3n) is 3.67. The number of hydrogen-bond acceptors (Lipinski definition) is 4. The van der Waals surface area contributed by atoms with Crippen molar-refractivity contribution in [3.63, 3.8) is 0 Å². The minimum Gasteiger partial charge on any atom is -0.386 e. The lowest BCUT2D eigenvalue weighted by Crippen LogP contribution is -2.30. The minimum absolute atomic E-state index is 0.0362. The first-order valence-corrected chi connectivity index (χ1v) is 7.38. The molecule has 0 aliphatic heterocycles. The van der Waals surface area contributed by atoms with Crippen molar-refractivity contribution in [2.45, 2.75) is 39.3 Å². The number of hydrogen-bond donors (Lipinski definition) is 1. The summed E-state index contributed by atoms with van der Waals surface area (Å²) in [5.74, 6) is 0. The second-order valence-electron chi connectivity index (χ2n) is 5.03. The largest absolute Gasteiger partial charge is 0.386 e. The third-order valence-corrected chi connectivity index (χ3v) is 3.67. The Morgan fingerprint density at radius 2 is 1.95 bits per heavy atom. The summed E-state index contributed by atoms with van der Waals surface area (Å²) in [5, 5.41) is 23.9. The highest BCUT2D eigenvalue weighted by atomic mass is 16.3. The fourth-order valence-corrected chi connectivity index (χ4v) is 2.50. The molecule has 5 heteroatoms. The molecule has 0 aliphatic carbocycles. The van der Waals surface area contributed by atoms with E-state index in [4.69, 9.17) is 0 Å². The van der Waals surface area contributed by atoms with Crippen molar-refractivity contribution in [2.24, 2.45) is 0 Å². The van der Waals surface area contributed by atoms with E-state index < -0.39 is 11.7 Å². The molecule has 2 aromatic rings. The van der Waals surface area contributed by atoms with Crippen LogP contribution in [0.25, 0.3) is 0 Å². The molecule has 0 aliphatic rings. The van der Waals surface area contributed by atoms with Gasteiger partial charge in [-0.25, -0.2) is 4.68 Å². The van der Waals surface area contributed by atoms with Gasteiger partial charge >= 0.3 is 0 Å². The molecule has 0 spiro atoms. The first kappa shape index (κ1) is 15.9. The van der Waals surface area contributed by atoms with Crippen LogP contribution in [-0.4, -0.2) is 14.9 Å². The zero-order valence-corrected chi connectivity index (χ0v) is 12.8. The topological polar surface area (TPSA) is 78.9 Å². The molecular weight excluding hydrogens is 278 g/mol. The molecule has 114 valence electrons. The van der Waals surface area contributed by atoms with Gasteiger partial charge in [-0.05, 0) is 24.0 Å². The van der Waals surface area contributed by atoms with Crippen molar-refractivity contribution >= 4 is 0 Å². The number of benzene rings is 1. The number of aromatic nitrogens is 2. The van der Waals surface area contributed by atoms with Gasteiger partial charge in [0, 0.05) is 0 Å². The Labute approximate surface area is 129 Å². The molecule has 0 radical (unpaired) electrons. The molecule has 1 aromatic heterocycles. The minimum atomic E-state index is -0.838. The van der Waals surface area contributed by atoms with Crippen molar-refractivity contribution in [3.05, 3.63) is 63.1 Å². The van der Waals surface area contributed by atoms with E-state index in [1.807, 2.05) is 38.1 Å². The summed E-state index contributed by atoms with van der Waals surface area (Å²) < 4.78 is 1.20. The summed E-state index contributed by atoms with van der Waals surface area (Å²) in [6, 6.07) is 11.1. The molecule has 0 amide bonds. The fraction of sp³-hybridized carbons (Fsp3) is 0.353. The highest BCUT2D eigenvalue weighted by molar-refractivity contribution is 5.38. The smallest absolute Gasteiger partial charge is 0.285 e. The Kier molecular flexibility index (Phi) is 5.08. The van der Waals surface area contributed by atoms with Gasteiger partial charge < -0.3 is 5.11 Å². The van der Waals surface area contributed by atoms with Gasteiger partial charge in [-0.3, -0.25) is 4.79 Å². The van der Waals surface area contributed by atoms with E-state index in [2.05, 4.69) is 5.10 Å². The van der Waals surface area contributed by atoms with Crippen molar-refractivity contribution < 1.29 is 5.11 Å². The lowest BCUT2D eigenvalue weighted by molar-refractivity contribution is 0.149. The van der Waals surface area contributed by atoms with Crippen LogP contribution in [0.15, 0.2) is 35.1 Å². The Morgan fingerprint density at radius 1 is 1.27 bits per heavy atom. The zero-order valence-electron chi connectivity index (χ0n) is 12.8. The summed E-state index contributed by atoms with van der Waals surface area (Å²) >= 11 is 0. The van der Waals surface area contributed by atoms with Crippen LogP contribution in [0.2, 0.25) is 0 Å². The van der Waals surface area contributed by atoms with Crippen LogP contribution < -0.4 is 5.56 Å². The average molecular weight is 297 g/mol. The van der Waals surface area contributed by atoms with Gasteiger partial charge in [0.25, 0.3) is 5.56 Å². The van der Waals surface area contributed by atoms with Crippen LogP contribution >= 0.6 is 0 Å². The normalized spacial score (nSPS) is 11.9. The predicted octanol–water partition coefficient (Wildman–Crippen LogP) is 1.97. The maximum atomic E-state index is 12.4. The number of nitrogens with zero attached hydrogens (tertiary/aromatic N) is 3. The van der Waals surface area contributed by atoms with E-state index in [9.17, 15) is 15.2 Å². The second kappa shape index (κ2) is 7.01. The average Bonchev–Trinajstić information content (AvgIpc) is 2.56. The fourth-order valence-electron chi connectivity index (χ4n) is 2.50. The molecule has 1 heterocycles. The predicted molar refractivity (Wildman–Crippen MR) is 83.4 cm³/mol. The molecule has 0 saturated carbocycles. The maximum absolute atomic E-state index is 12.4. The van der Waals surface area contributed by atoms with E-state index in [0.717, 1.165) is 5.69 Å². The second-order valence-corrected chi connectivity index (χ2v) is 5.03. The van der Waals surface area contributed by atoms with Crippen LogP contribution in [0, 0.1) is 11.3 Å². The summed E-state index contributed by atoms with van der Waals surface area (Å²) in [6.07, 6.45) is 0.394. The number of aliphatic hydroxyl groups excluding tert-OH is 1. The summed E-state index contributed by atoms with van der Waals surface area (Å²) in [6.45, 7) is 3.87. The maximum Gasteiger partial charge on any atom is 0.285 e. The van der Waals surface area contributed by atoms with Crippen molar-refractivity contribution in [1.82, 2.24) is 9.78 Å². The third kappa shape index (κ3) is 3.07. The number of nitriles is 1. The van der Waals surface area contributed by atoms with Gasteiger partial charge in [-0.2, -0.15) is 10.4 Å². The molecule has 1 atom stereocenters. The molecule has 1 aromatic carbocycles. The SMILES string of the molecule is CCc1nn(CC(O)c2ccccc2)c(=O)c(C#N)c1CC. The van der Waals surface area contributed by atoms with Crippen LogP contribution in [-0.2, 0) is 19.4 Å². The Balaban J connectivity index is 2.44. The van der Waals surface area contributed by atoms with Crippen molar-refractivity contribution in [2.75, 3.05) is 0 Å². The van der Waals surface area contributed by atoms with E-state index in [1.54, 1.807) is 12.1 Å². The van der Waals surface area contributed by atoms with Gasteiger partial charge in [0.1, 0.15) is 11.6 Å². The molecule has 22 heavy (non-hydrogen) atoms. The molecule has 5 nitrogen and oxygen atoms in total. The van der Waals surface area contributed by atoms with E-state index in [1.165, 1.54) is 4.68 Å². The van der Waals surface area contributed by atoms with Gasteiger partial charge in [0.15, 0.2) is 0 Å². The van der Waals surface area contributed by atoms with E-state index in [-0.39, 0.29) is 12.1 Å². The number of aliphatic hydroxyl groups is 1. The summed E-state index contributed by atoms with van der Waals surface area (Å²) in [7, 11) is 0. The van der Waals surface area contributed by atoms with Gasteiger partial charge in [0.2, 0.25) is 0 Å². The molecule has 1 unspecified atom stereocenters. The standard InChI is InChI=1S/C17H19N3O2/c1-3-13-14(10-18)17(22)20(19-15(13)4-2)11-16(21)12-8-6-5-7-9-12/h5-9,16,21H,3-4,11H2,1-2H3.